The Morgan fingerprint density at radius 1 is 0.962 bits per heavy atom. The minimum Gasteiger partial charge on any atom is -0.490 e. The van der Waals surface area contributed by atoms with E-state index in [0.29, 0.717) is 17.5 Å². The van der Waals surface area contributed by atoms with Crippen molar-refractivity contribution in [2.45, 2.75) is 55.6 Å². The van der Waals surface area contributed by atoms with Crippen molar-refractivity contribution in [1.29, 1.82) is 0 Å². The first-order chi connectivity index (χ1) is 12.6. The molecular formula is C19H23N3O3S. The maximum Gasteiger partial charge on any atom is 0.261 e. The van der Waals surface area contributed by atoms with Crippen LogP contribution in [0.2, 0.25) is 0 Å². The maximum absolute atomic E-state index is 12.5. The molecule has 0 aliphatic heterocycles. The lowest BCUT2D eigenvalue weighted by atomic mass is 10.3. The Hall–Kier alpha value is -2.28. The number of sulfonamides is 1. The summed E-state index contributed by atoms with van der Waals surface area (Å²) in [4.78, 5) is 4.46. The van der Waals surface area contributed by atoms with E-state index in [4.69, 9.17) is 4.74 Å². The van der Waals surface area contributed by atoms with Crippen LogP contribution in [0.3, 0.4) is 0 Å². The highest BCUT2D eigenvalue weighted by atomic mass is 32.2. The molecule has 2 aliphatic carbocycles. The normalized spacial score (nSPS) is 17.8. The van der Waals surface area contributed by atoms with Crippen LogP contribution in [-0.4, -0.2) is 25.5 Å². The van der Waals surface area contributed by atoms with E-state index >= 15 is 0 Å². The van der Waals surface area contributed by atoms with Gasteiger partial charge in [0, 0.05) is 6.04 Å². The number of nitrogens with one attached hydrogen (secondary N) is 2. The molecule has 2 N–H and O–H groups in total. The summed E-state index contributed by atoms with van der Waals surface area (Å²) >= 11 is 0. The Morgan fingerprint density at radius 3 is 2.31 bits per heavy atom. The summed E-state index contributed by atoms with van der Waals surface area (Å²) in [6.45, 7) is 0. The van der Waals surface area contributed by atoms with E-state index in [-0.39, 0.29) is 11.0 Å². The van der Waals surface area contributed by atoms with E-state index in [0.717, 1.165) is 31.5 Å². The predicted octanol–water partition coefficient (Wildman–Crippen LogP) is 3.78. The van der Waals surface area contributed by atoms with Gasteiger partial charge in [-0.2, -0.15) is 0 Å². The lowest BCUT2D eigenvalue weighted by Crippen LogP contribution is -2.14. The van der Waals surface area contributed by atoms with Crippen LogP contribution < -0.4 is 14.8 Å². The molecule has 0 saturated heterocycles. The van der Waals surface area contributed by atoms with Crippen molar-refractivity contribution < 1.29 is 13.2 Å². The third kappa shape index (κ3) is 4.27. The second-order valence-corrected chi connectivity index (χ2v) is 8.63. The highest BCUT2D eigenvalue weighted by Gasteiger charge is 2.21. The number of hydrogen-bond acceptors (Lipinski definition) is 5. The first-order valence-electron chi connectivity index (χ1n) is 9.11. The van der Waals surface area contributed by atoms with Crippen molar-refractivity contribution in [2.24, 2.45) is 0 Å². The lowest BCUT2D eigenvalue weighted by molar-refractivity contribution is 0.210. The monoisotopic (exact) mass is 373 g/mol. The van der Waals surface area contributed by atoms with E-state index in [1.165, 1.54) is 19.0 Å². The van der Waals surface area contributed by atoms with Crippen LogP contribution in [0.1, 0.15) is 38.5 Å². The Balaban J connectivity index is 1.40. The average Bonchev–Trinajstić information content (AvgIpc) is 3.30. The van der Waals surface area contributed by atoms with E-state index in [9.17, 15) is 8.42 Å². The summed E-state index contributed by atoms with van der Waals surface area (Å²) in [5, 5.41) is 3.27. The third-order valence-electron chi connectivity index (χ3n) is 4.68. The number of aromatic nitrogens is 1. The van der Waals surface area contributed by atoms with Gasteiger partial charge in [-0.3, -0.25) is 4.72 Å². The summed E-state index contributed by atoms with van der Waals surface area (Å²) in [5.74, 6) is 1.48. The first-order valence-corrected chi connectivity index (χ1v) is 10.6. The Bertz CT molecular complexity index is 841. The highest BCUT2D eigenvalue weighted by molar-refractivity contribution is 7.92. The molecule has 1 aromatic heterocycles. The Morgan fingerprint density at radius 2 is 1.69 bits per heavy atom. The summed E-state index contributed by atoms with van der Waals surface area (Å²) in [6.07, 6.45) is 8.64. The molecular weight excluding hydrogens is 350 g/mol. The molecule has 2 saturated carbocycles. The standard InChI is InChI=1S/C19H23N3O3S/c23-26(24,22-15-7-12-19(20-13-15)21-14-5-6-14)18-10-8-17(9-11-18)25-16-3-1-2-4-16/h7-14,16,22H,1-6H2,(H,20,21). The topological polar surface area (TPSA) is 80.3 Å². The molecule has 4 rings (SSSR count). The van der Waals surface area contributed by atoms with Crippen LogP contribution in [-0.2, 0) is 10.0 Å². The molecule has 2 fully saturated rings. The van der Waals surface area contributed by atoms with Gasteiger partial charge in [0.1, 0.15) is 11.6 Å². The van der Waals surface area contributed by atoms with Crippen molar-refractivity contribution in [3.05, 3.63) is 42.6 Å². The molecule has 6 nitrogen and oxygen atoms in total. The molecule has 7 heteroatoms. The summed E-state index contributed by atoms with van der Waals surface area (Å²) < 4.78 is 33.5. The zero-order valence-corrected chi connectivity index (χ0v) is 15.3. The number of nitrogens with zero attached hydrogens (tertiary/aromatic N) is 1. The zero-order chi connectivity index (χ0) is 18.0. The zero-order valence-electron chi connectivity index (χ0n) is 14.5. The van der Waals surface area contributed by atoms with Crippen molar-refractivity contribution in [1.82, 2.24) is 4.98 Å². The van der Waals surface area contributed by atoms with Gasteiger partial charge in [-0.25, -0.2) is 13.4 Å². The Labute approximate surface area is 154 Å². The third-order valence-corrected chi connectivity index (χ3v) is 6.08. The number of pyridine rings is 1. The largest absolute Gasteiger partial charge is 0.490 e. The van der Waals surface area contributed by atoms with Gasteiger partial charge in [-0.15, -0.1) is 0 Å². The number of benzene rings is 1. The Kier molecular flexibility index (Phi) is 4.72. The SMILES string of the molecule is O=S(=O)(Nc1ccc(NC2CC2)nc1)c1ccc(OC2CCCC2)cc1. The van der Waals surface area contributed by atoms with E-state index in [1.54, 1.807) is 36.4 Å². The summed E-state index contributed by atoms with van der Waals surface area (Å²) in [6, 6.07) is 10.6. The lowest BCUT2D eigenvalue weighted by Gasteiger charge is -2.13. The molecule has 0 bridgehead atoms. The van der Waals surface area contributed by atoms with Gasteiger partial charge < -0.3 is 10.1 Å². The predicted molar refractivity (Wildman–Crippen MR) is 101 cm³/mol. The van der Waals surface area contributed by atoms with Gasteiger partial charge in [0.15, 0.2) is 0 Å². The molecule has 0 spiro atoms. The summed E-state index contributed by atoms with van der Waals surface area (Å²) in [7, 11) is -3.65. The second-order valence-electron chi connectivity index (χ2n) is 6.95. The number of anilines is 2. The molecule has 2 aliphatic rings. The molecule has 26 heavy (non-hydrogen) atoms. The molecule has 2 aromatic rings. The van der Waals surface area contributed by atoms with Gasteiger partial charge in [-0.05, 0) is 74.9 Å². The van der Waals surface area contributed by atoms with Crippen molar-refractivity contribution in [3.63, 3.8) is 0 Å². The van der Waals surface area contributed by atoms with Crippen molar-refractivity contribution in [2.75, 3.05) is 10.0 Å². The fourth-order valence-electron chi connectivity index (χ4n) is 3.09. The molecule has 0 atom stereocenters. The minimum atomic E-state index is -3.65. The van der Waals surface area contributed by atoms with E-state index in [1.807, 2.05) is 0 Å². The minimum absolute atomic E-state index is 0.205. The fourth-order valence-corrected chi connectivity index (χ4v) is 4.13. The molecule has 138 valence electrons. The summed E-state index contributed by atoms with van der Waals surface area (Å²) in [5.41, 5.74) is 0.442. The highest BCUT2D eigenvalue weighted by Crippen LogP contribution is 2.26. The smallest absolute Gasteiger partial charge is 0.261 e. The number of ether oxygens (including phenoxy) is 1. The molecule has 1 heterocycles. The van der Waals surface area contributed by atoms with Crippen LogP contribution in [0.4, 0.5) is 11.5 Å². The molecule has 0 amide bonds. The maximum atomic E-state index is 12.5. The van der Waals surface area contributed by atoms with Crippen molar-refractivity contribution >= 4 is 21.5 Å². The van der Waals surface area contributed by atoms with Gasteiger partial charge >= 0.3 is 0 Å². The second kappa shape index (κ2) is 7.15. The molecule has 0 radical (unpaired) electrons. The van der Waals surface area contributed by atoms with Gasteiger partial charge in [0.25, 0.3) is 10.0 Å². The molecule has 0 unspecified atom stereocenters. The fraction of sp³-hybridized carbons (Fsp3) is 0.421. The van der Waals surface area contributed by atoms with Crippen LogP contribution in [0.25, 0.3) is 0 Å². The number of hydrogen-bond donors (Lipinski definition) is 2. The van der Waals surface area contributed by atoms with E-state index in [2.05, 4.69) is 15.0 Å². The van der Waals surface area contributed by atoms with Gasteiger partial charge in [0.05, 0.1) is 22.9 Å². The van der Waals surface area contributed by atoms with Crippen molar-refractivity contribution in [3.8, 4) is 5.75 Å². The van der Waals surface area contributed by atoms with Crippen LogP contribution in [0.15, 0.2) is 47.5 Å². The van der Waals surface area contributed by atoms with Gasteiger partial charge in [0.2, 0.25) is 0 Å². The van der Waals surface area contributed by atoms with Crippen LogP contribution >= 0.6 is 0 Å². The van der Waals surface area contributed by atoms with Crippen LogP contribution in [0.5, 0.6) is 5.75 Å². The first kappa shape index (κ1) is 17.1. The quantitative estimate of drug-likeness (QED) is 0.772. The van der Waals surface area contributed by atoms with Gasteiger partial charge in [-0.1, -0.05) is 0 Å². The molecule has 1 aromatic carbocycles. The average molecular weight is 373 g/mol. The van der Waals surface area contributed by atoms with E-state index < -0.39 is 10.0 Å². The van der Waals surface area contributed by atoms with Crippen LogP contribution in [0, 0.1) is 0 Å². The number of rotatable bonds is 7.